The van der Waals surface area contributed by atoms with Crippen LogP contribution in [0.2, 0.25) is 0 Å². The molecule has 0 unspecified atom stereocenters. The van der Waals surface area contributed by atoms with Crippen LogP contribution < -0.4 is 34.7 Å². The van der Waals surface area contributed by atoms with E-state index in [2.05, 4.69) is 0 Å². The van der Waals surface area contributed by atoms with Gasteiger partial charge in [-0.2, -0.15) is 0 Å². The SMILES string of the molecule is O=C(/C=C(/[O-])C(F)F)c1ccc(F)cc1.[Na+]. The van der Waals surface area contributed by atoms with Crippen molar-refractivity contribution in [3.63, 3.8) is 0 Å². The molecule has 1 rings (SSSR count). The van der Waals surface area contributed by atoms with Crippen LogP contribution in [-0.4, -0.2) is 12.2 Å². The second kappa shape index (κ2) is 6.73. The van der Waals surface area contributed by atoms with Crippen molar-refractivity contribution < 1.29 is 52.6 Å². The molecule has 0 heterocycles. The largest absolute Gasteiger partial charge is 1.00 e. The molecule has 0 amide bonds. The third-order valence-electron chi connectivity index (χ3n) is 1.62. The molecule has 0 atom stereocenters. The van der Waals surface area contributed by atoms with Crippen LogP contribution >= 0.6 is 0 Å². The summed E-state index contributed by atoms with van der Waals surface area (Å²) in [7, 11) is 0. The topological polar surface area (TPSA) is 40.1 Å². The van der Waals surface area contributed by atoms with E-state index in [-0.39, 0.29) is 35.1 Å². The zero-order valence-corrected chi connectivity index (χ0v) is 10.4. The monoisotopic (exact) mass is 238 g/mol. The summed E-state index contributed by atoms with van der Waals surface area (Å²) in [5.41, 5.74) is -0.00889. The van der Waals surface area contributed by atoms with Crippen LogP contribution in [0.4, 0.5) is 13.2 Å². The fraction of sp³-hybridized carbons (Fsp3) is 0.100. The third-order valence-corrected chi connectivity index (χ3v) is 1.62. The van der Waals surface area contributed by atoms with Gasteiger partial charge in [0.25, 0.3) is 0 Å². The van der Waals surface area contributed by atoms with Crippen LogP contribution in [0.15, 0.2) is 36.1 Å². The van der Waals surface area contributed by atoms with Crippen LogP contribution in [0.1, 0.15) is 10.4 Å². The van der Waals surface area contributed by atoms with Crippen molar-refractivity contribution in [2.75, 3.05) is 0 Å². The summed E-state index contributed by atoms with van der Waals surface area (Å²) < 4.78 is 36.0. The molecule has 0 aliphatic carbocycles. The number of alkyl halides is 2. The van der Waals surface area contributed by atoms with Crippen molar-refractivity contribution >= 4 is 5.78 Å². The third kappa shape index (κ3) is 4.38. The van der Waals surface area contributed by atoms with Gasteiger partial charge in [-0.15, -0.1) is 0 Å². The molecule has 0 aliphatic rings. The summed E-state index contributed by atoms with van der Waals surface area (Å²) in [5, 5.41) is 10.5. The quantitative estimate of drug-likeness (QED) is 0.279. The first-order chi connectivity index (χ1) is 7.00. The fourth-order valence-electron chi connectivity index (χ4n) is 0.890. The second-order valence-corrected chi connectivity index (χ2v) is 2.72. The van der Waals surface area contributed by atoms with Crippen LogP contribution in [0, 0.1) is 5.82 Å². The predicted octanol–water partition coefficient (Wildman–Crippen LogP) is -1.48. The van der Waals surface area contributed by atoms with Crippen molar-refractivity contribution in [2.24, 2.45) is 0 Å². The molecule has 80 valence electrons. The number of allylic oxidation sites excluding steroid dienone is 2. The molecule has 0 aliphatic heterocycles. The minimum atomic E-state index is -3.20. The molecule has 0 aromatic heterocycles. The summed E-state index contributed by atoms with van der Waals surface area (Å²) in [5.74, 6) is -2.96. The van der Waals surface area contributed by atoms with E-state index in [1.54, 1.807) is 0 Å². The minimum absolute atomic E-state index is 0. The van der Waals surface area contributed by atoms with Gasteiger partial charge < -0.3 is 5.11 Å². The zero-order valence-electron chi connectivity index (χ0n) is 8.41. The molecule has 0 bridgehead atoms. The maximum atomic E-state index is 12.4. The van der Waals surface area contributed by atoms with E-state index in [4.69, 9.17) is 0 Å². The van der Waals surface area contributed by atoms with Crippen LogP contribution in [0.3, 0.4) is 0 Å². The molecule has 0 N–H and O–H groups in total. The van der Waals surface area contributed by atoms with Gasteiger partial charge in [0, 0.05) is 5.56 Å². The summed E-state index contributed by atoms with van der Waals surface area (Å²) >= 11 is 0. The summed E-state index contributed by atoms with van der Waals surface area (Å²) in [4.78, 5) is 11.1. The van der Waals surface area contributed by atoms with E-state index in [1.165, 1.54) is 0 Å². The normalized spacial score (nSPS) is 11.1. The maximum absolute atomic E-state index is 12.4. The van der Waals surface area contributed by atoms with Crippen molar-refractivity contribution in [1.29, 1.82) is 0 Å². The van der Waals surface area contributed by atoms with Crippen LogP contribution in [0.5, 0.6) is 0 Å². The predicted molar refractivity (Wildman–Crippen MR) is 44.8 cm³/mol. The molecule has 1 aromatic rings. The Morgan fingerprint density at radius 3 is 2.19 bits per heavy atom. The van der Waals surface area contributed by atoms with Crippen LogP contribution in [-0.2, 0) is 0 Å². The van der Waals surface area contributed by atoms with E-state index in [1.807, 2.05) is 0 Å². The Morgan fingerprint density at radius 1 is 1.25 bits per heavy atom. The molecular formula is C10H6F3NaO2. The van der Waals surface area contributed by atoms with Gasteiger partial charge in [0.15, 0.2) is 5.78 Å². The number of carbonyl (C=O) groups excluding carboxylic acids is 1. The van der Waals surface area contributed by atoms with Crippen LogP contribution in [0.25, 0.3) is 0 Å². The average Bonchev–Trinajstić information content (AvgIpc) is 2.18. The Bertz CT molecular complexity index is 388. The molecule has 0 radical (unpaired) electrons. The van der Waals surface area contributed by atoms with Gasteiger partial charge >= 0.3 is 29.6 Å². The molecule has 0 spiro atoms. The number of rotatable bonds is 3. The number of carbonyl (C=O) groups is 1. The van der Waals surface area contributed by atoms with Gasteiger partial charge in [0.2, 0.25) is 6.43 Å². The smallest absolute Gasteiger partial charge is 0.872 e. The van der Waals surface area contributed by atoms with E-state index >= 15 is 0 Å². The summed E-state index contributed by atoms with van der Waals surface area (Å²) in [6, 6.07) is 4.25. The van der Waals surface area contributed by atoms with Gasteiger partial charge in [-0.1, -0.05) is 5.76 Å². The maximum Gasteiger partial charge on any atom is 1.00 e. The van der Waals surface area contributed by atoms with Gasteiger partial charge in [-0.05, 0) is 30.3 Å². The summed E-state index contributed by atoms with van der Waals surface area (Å²) in [6.45, 7) is 0. The molecule has 0 saturated carbocycles. The molecule has 0 fully saturated rings. The Morgan fingerprint density at radius 2 is 1.75 bits per heavy atom. The number of hydrogen-bond donors (Lipinski definition) is 0. The van der Waals surface area contributed by atoms with Gasteiger partial charge in [-0.25, -0.2) is 13.2 Å². The van der Waals surface area contributed by atoms with Crippen molar-refractivity contribution in [3.8, 4) is 0 Å². The second-order valence-electron chi connectivity index (χ2n) is 2.72. The van der Waals surface area contributed by atoms with Gasteiger partial charge in [-0.3, -0.25) is 4.79 Å². The van der Waals surface area contributed by atoms with Gasteiger partial charge in [0.05, 0.1) is 0 Å². The van der Waals surface area contributed by atoms with E-state index in [0.29, 0.717) is 6.08 Å². The molecule has 0 saturated heterocycles. The molecule has 16 heavy (non-hydrogen) atoms. The standard InChI is InChI=1S/C10H7F3O2.Na/c11-7-3-1-6(2-4-7)8(14)5-9(15)10(12)13;/h1-5,10,15H;/q;+1/p-1/b9-5+;. The van der Waals surface area contributed by atoms with Crippen molar-refractivity contribution in [3.05, 3.63) is 47.5 Å². The minimum Gasteiger partial charge on any atom is -0.872 e. The van der Waals surface area contributed by atoms with Crippen molar-refractivity contribution in [2.45, 2.75) is 6.43 Å². The van der Waals surface area contributed by atoms with E-state index in [0.717, 1.165) is 24.3 Å². The van der Waals surface area contributed by atoms with Crippen molar-refractivity contribution in [1.82, 2.24) is 0 Å². The first kappa shape index (κ1) is 15.2. The molecule has 6 heteroatoms. The molecular weight excluding hydrogens is 232 g/mol. The summed E-state index contributed by atoms with van der Waals surface area (Å²) in [6.07, 6.45) is -2.90. The molecule has 2 nitrogen and oxygen atoms in total. The average molecular weight is 238 g/mol. The Balaban J connectivity index is 0.00000225. The molecule has 1 aromatic carbocycles. The van der Waals surface area contributed by atoms with E-state index < -0.39 is 23.8 Å². The number of ketones is 1. The Kier molecular flexibility index (Phi) is 6.40. The fourth-order valence-corrected chi connectivity index (χ4v) is 0.890. The van der Waals surface area contributed by atoms with E-state index in [9.17, 15) is 23.1 Å². The first-order valence-electron chi connectivity index (χ1n) is 3.97. The Hall–Kier alpha value is -0.780. The number of hydrogen-bond acceptors (Lipinski definition) is 2. The zero-order chi connectivity index (χ0) is 11.4. The number of benzene rings is 1. The number of halogens is 3. The first-order valence-corrected chi connectivity index (χ1v) is 3.97. The Labute approximate surface area is 112 Å². The van der Waals surface area contributed by atoms with Gasteiger partial charge in [0.1, 0.15) is 5.82 Å².